The molecule has 0 bridgehead atoms. The van der Waals surface area contributed by atoms with Gasteiger partial charge in [0.25, 0.3) is 10.0 Å². The minimum atomic E-state index is -4.02. The van der Waals surface area contributed by atoms with Crippen LogP contribution in [0.2, 0.25) is 0 Å². The first-order valence-corrected chi connectivity index (χ1v) is 12.1. The van der Waals surface area contributed by atoms with Crippen molar-refractivity contribution in [2.45, 2.75) is 56.9 Å². The van der Waals surface area contributed by atoms with Gasteiger partial charge in [-0.2, -0.15) is 0 Å². The monoisotopic (exact) mass is 461 g/mol. The number of nitrogens with zero attached hydrogens (tertiary/aromatic N) is 1. The lowest BCUT2D eigenvalue weighted by Crippen LogP contribution is -2.43. The third-order valence-corrected chi connectivity index (χ3v) is 6.73. The minimum Gasteiger partial charge on any atom is -0.337 e. The summed E-state index contributed by atoms with van der Waals surface area (Å²) in [6.45, 7) is 2.16. The summed E-state index contributed by atoms with van der Waals surface area (Å²) in [6, 6.07) is 14.8. The lowest BCUT2D eigenvalue weighted by atomic mass is 10.1. The Kier molecular flexibility index (Phi) is 10.2. The van der Waals surface area contributed by atoms with Gasteiger partial charge >= 0.3 is 6.03 Å². The van der Waals surface area contributed by atoms with Crippen molar-refractivity contribution in [3.05, 3.63) is 65.7 Å². The number of hydroxylamine groups is 1. The average Bonchev–Trinajstić information content (AvgIpc) is 2.79. The third kappa shape index (κ3) is 7.97. The van der Waals surface area contributed by atoms with Crippen molar-refractivity contribution in [2.24, 2.45) is 0 Å². The van der Waals surface area contributed by atoms with Crippen LogP contribution in [-0.2, 0) is 21.4 Å². The number of rotatable bonds is 12. The molecule has 0 radical (unpaired) electrons. The van der Waals surface area contributed by atoms with Crippen LogP contribution in [0.5, 0.6) is 0 Å². The van der Waals surface area contributed by atoms with E-state index in [0.29, 0.717) is 24.9 Å². The Bertz CT molecular complexity index is 963. The molecule has 32 heavy (non-hydrogen) atoms. The van der Waals surface area contributed by atoms with Crippen molar-refractivity contribution in [3.8, 4) is 0 Å². The van der Waals surface area contributed by atoms with Crippen LogP contribution in [0.25, 0.3) is 0 Å². The smallest absolute Gasteiger partial charge is 0.331 e. The molecule has 9 heteroatoms. The van der Waals surface area contributed by atoms with Gasteiger partial charge in [0.1, 0.15) is 0 Å². The second-order valence-corrected chi connectivity index (χ2v) is 9.46. The third-order valence-electron chi connectivity index (χ3n) is 4.99. The van der Waals surface area contributed by atoms with E-state index in [0.717, 1.165) is 29.1 Å². The zero-order chi connectivity index (χ0) is 23.4. The van der Waals surface area contributed by atoms with Crippen LogP contribution in [0.4, 0.5) is 4.79 Å². The Hall–Kier alpha value is -2.91. The summed E-state index contributed by atoms with van der Waals surface area (Å²) in [4.78, 5) is 23.9. The topological polar surface area (TPSA) is 116 Å². The van der Waals surface area contributed by atoms with Crippen LogP contribution in [0.15, 0.2) is 59.5 Å². The molecule has 0 aliphatic carbocycles. The van der Waals surface area contributed by atoms with E-state index in [1.165, 1.54) is 12.1 Å². The Labute approximate surface area is 189 Å². The number of benzene rings is 2. The fourth-order valence-electron chi connectivity index (χ4n) is 3.13. The van der Waals surface area contributed by atoms with Gasteiger partial charge in [-0.25, -0.2) is 23.0 Å². The number of unbranched alkanes of at least 4 members (excludes halogenated alkanes) is 4. The number of hydrogen-bond donors (Lipinski definition) is 3. The number of amides is 3. The largest absolute Gasteiger partial charge is 0.337 e. The van der Waals surface area contributed by atoms with E-state index < -0.39 is 22.0 Å². The van der Waals surface area contributed by atoms with Gasteiger partial charge < -0.3 is 5.32 Å². The van der Waals surface area contributed by atoms with E-state index in [-0.39, 0.29) is 17.9 Å². The molecule has 2 aromatic carbocycles. The molecule has 0 spiro atoms. The zero-order valence-electron chi connectivity index (χ0n) is 18.3. The second kappa shape index (κ2) is 12.8. The minimum absolute atomic E-state index is 0.0597. The van der Waals surface area contributed by atoms with Gasteiger partial charge in [0.15, 0.2) is 0 Å². The molecule has 0 aliphatic heterocycles. The van der Waals surface area contributed by atoms with Gasteiger partial charge in [-0.05, 0) is 37.5 Å². The first kappa shape index (κ1) is 25.4. The Morgan fingerprint density at radius 1 is 0.906 bits per heavy atom. The number of nitrogens with one attached hydrogen (secondary N) is 2. The summed E-state index contributed by atoms with van der Waals surface area (Å²) in [6.07, 6.45) is 4.20. The molecule has 0 heterocycles. The molecule has 0 saturated carbocycles. The fourth-order valence-corrected chi connectivity index (χ4v) is 4.47. The number of carbonyl (C=O) groups excluding carboxylic acids is 2. The summed E-state index contributed by atoms with van der Waals surface area (Å²) < 4.78 is 27.3. The summed E-state index contributed by atoms with van der Waals surface area (Å²) in [5.74, 6) is -0.398. The van der Waals surface area contributed by atoms with Gasteiger partial charge in [-0.3, -0.25) is 10.0 Å². The lowest BCUT2D eigenvalue weighted by molar-refractivity contribution is -0.129. The molecular weight excluding hydrogens is 430 g/mol. The number of carbonyl (C=O) groups is 2. The average molecular weight is 462 g/mol. The first-order valence-electron chi connectivity index (χ1n) is 10.7. The molecule has 2 aromatic rings. The van der Waals surface area contributed by atoms with E-state index >= 15 is 0 Å². The predicted octanol–water partition coefficient (Wildman–Crippen LogP) is 3.74. The molecule has 3 N–H and O–H groups in total. The molecule has 0 atom stereocenters. The molecule has 0 fully saturated rings. The van der Waals surface area contributed by atoms with Crippen molar-refractivity contribution in [1.82, 2.24) is 15.1 Å². The van der Waals surface area contributed by atoms with Crippen LogP contribution in [0.1, 0.15) is 49.7 Å². The molecule has 0 saturated heterocycles. The highest BCUT2D eigenvalue weighted by Crippen LogP contribution is 2.19. The Balaban J connectivity index is 1.95. The maximum absolute atomic E-state index is 13.2. The van der Waals surface area contributed by atoms with Crippen molar-refractivity contribution in [2.75, 3.05) is 6.54 Å². The van der Waals surface area contributed by atoms with Crippen molar-refractivity contribution < 1.29 is 23.2 Å². The summed E-state index contributed by atoms with van der Waals surface area (Å²) in [5.41, 5.74) is 3.25. The highest BCUT2D eigenvalue weighted by molar-refractivity contribution is 7.89. The van der Waals surface area contributed by atoms with Gasteiger partial charge in [0, 0.05) is 13.0 Å². The van der Waals surface area contributed by atoms with Crippen molar-refractivity contribution in [3.63, 3.8) is 0 Å². The Morgan fingerprint density at radius 2 is 1.53 bits per heavy atom. The highest BCUT2D eigenvalue weighted by Gasteiger charge is 2.29. The molecule has 8 nitrogen and oxygen atoms in total. The molecule has 174 valence electrons. The van der Waals surface area contributed by atoms with Crippen LogP contribution >= 0.6 is 0 Å². The SMILES string of the molecule is Cc1ccc(S(=O)(=O)N(Cc2ccccc2)C(=O)NCCCCCCCC(=O)NO)cc1. The van der Waals surface area contributed by atoms with E-state index in [1.807, 2.05) is 13.0 Å². The van der Waals surface area contributed by atoms with E-state index in [1.54, 1.807) is 41.9 Å². The Morgan fingerprint density at radius 3 is 2.19 bits per heavy atom. The molecule has 0 unspecified atom stereocenters. The number of sulfonamides is 1. The van der Waals surface area contributed by atoms with Gasteiger partial charge in [-0.15, -0.1) is 0 Å². The van der Waals surface area contributed by atoms with Gasteiger partial charge in [0.2, 0.25) is 5.91 Å². The molecular formula is C23H31N3O5S. The number of hydrogen-bond acceptors (Lipinski definition) is 5. The zero-order valence-corrected chi connectivity index (χ0v) is 19.1. The highest BCUT2D eigenvalue weighted by atomic mass is 32.2. The van der Waals surface area contributed by atoms with Crippen LogP contribution in [0.3, 0.4) is 0 Å². The summed E-state index contributed by atoms with van der Waals surface area (Å²) >= 11 is 0. The molecule has 0 aromatic heterocycles. The number of urea groups is 1. The lowest BCUT2D eigenvalue weighted by Gasteiger charge is -2.23. The first-order chi connectivity index (χ1) is 15.3. The normalized spacial score (nSPS) is 11.1. The maximum atomic E-state index is 13.2. The quantitative estimate of drug-likeness (QED) is 0.253. The van der Waals surface area contributed by atoms with Crippen LogP contribution < -0.4 is 10.8 Å². The molecule has 3 amide bonds. The van der Waals surface area contributed by atoms with Crippen molar-refractivity contribution >= 4 is 22.0 Å². The van der Waals surface area contributed by atoms with Crippen LogP contribution in [0, 0.1) is 6.92 Å². The van der Waals surface area contributed by atoms with E-state index in [9.17, 15) is 18.0 Å². The van der Waals surface area contributed by atoms with Gasteiger partial charge in [-0.1, -0.05) is 67.3 Å². The number of aryl methyl sites for hydroxylation is 1. The summed E-state index contributed by atoms with van der Waals surface area (Å²) in [5, 5.41) is 11.2. The predicted molar refractivity (Wildman–Crippen MR) is 121 cm³/mol. The van der Waals surface area contributed by atoms with E-state index in [2.05, 4.69) is 5.32 Å². The fraction of sp³-hybridized carbons (Fsp3) is 0.391. The molecule has 0 aliphatic rings. The second-order valence-electron chi connectivity index (χ2n) is 7.60. The van der Waals surface area contributed by atoms with Gasteiger partial charge in [0.05, 0.1) is 11.4 Å². The standard InChI is InChI=1S/C23H31N3O5S/c1-19-13-15-21(16-14-19)32(30,31)26(18-20-10-6-5-7-11-20)23(28)24-17-9-4-2-3-8-12-22(27)25-29/h5-7,10-11,13-16,29H,2-4,8-9,12,17-18H2,1H3,(H,24,28)(H,25,27). The van der Waals surface area contributed by atoms with E-state index in [4.69, 9.17) is 5.21 Å². The molecule has 2 rings (SSSR count). The maximum Gasteiger partial charge on any atom is 0.331 e. The van der Waals surface area contributed by atoms with Crippen molar-refractivity contribution in [1.29, 1.82) is 0 Å². The van der Waals surface area contributed by atoms with Crippen LogP contribution in [-0.4, -0.2) is 36.4 Å². The summed E-state index contributed by atoms with van der Waals surface area (Å²) in [7, 11) is -4.02.